The van der Waals surface area contributed by atoms with Gasteiger partial charge < -0.3 is 21.1 Å². The first-order chi connectivity index (χ1) is 16.0. The van der Waals surface area contributed by atoms with E-state index in [1.165, 1.54) is 6.20 Å². The van der Waals surface area contributed by atoms with E-state index in [1.54, 1.807) is 24.3 Å². The number of rotatable bonds is 7. The average molecular weight is 465 g/mol. The lowest BCUT2D eigenvalue weighted by Crippen LogP contribution is -2.41. The van der Waals surface area contributed by atoms with Crippen LogP contribution in [0.3, 0.4) is 0 Å². The molecule has 2 atom stereocenters. The van der Waals surface area contributed by atoms with E-state index in [4.69, 9.17) is 11.6 Å². The Hall–Kier alpha value is -3.09. The quantitative estimate of drug-likeness (QED) is 0.382. The van der Waals surface area contributed by atoms with Gasteiger partial charge in [-0.05, 0) is 67.7 Å². The summed E-state index contributed by atoms with van der Waals surface area (Å²) in [6.07, 6.45) is 3.56. The van der Waals surface area contributed by atoms with Crippen LogP contribution in [-0.2, 0) is 0 Å². The number of aromatic nitrogens is 1. The number of hydrogen-bond donors (Lipinski definition) is 4. The minimum Gasteiger partial charge on any atom is -0.508 e. The molecule has 2 aromatic carbocycles. The summed E-state index contributed by atoms with van der Waals surface area (Å²) in [6.45, 7) is 4.05. The topological polar surface area (TPSA) is 86.3 Å². The molecule has 172 valence electrons. The number of phenols is 1. The molecule has 7 heteroatoms. The van der Waals surface area contributed by atoms with Crippen LogP contribution in [0.15, 0.2) is 66.9 Å². The Kier molecular flexibility index (Phi) is 7.47. The summed E-state index contributed by atoms with van der Waals surface area (Å²) >= 11 is 5.91. The Labute approximate surface area is 199 Å². The van der Waals surface area contributed by atoms with Crippen molar-refractivity contribution in [1.82, 2.24) is 10.3 Å². The highest BCUT2D eigenvalue weighted by Gasteiger charge is 2.31. The number of para-hydroxylation sites is 2. The SMILES string of the molecule is CC(c1ccccc1O)C(Nc1ccccc1C(=O)Nc1ccc(Cl)cn1)C1CCNCC1. The molecule has 0 bridgehead atoms. The largest absolute Gasteiger partial charge is 0.508 e. The summed E-state index contributed by atoms with van der Waals surface area (Å²) in [7, 11) is 0. The van der Waals surface area contributed by atoms with Gasteiger partial charge in [0.25, 0.3) is 5.91 Å². The first-order valence-electron chi connectivity index (χ1n) is 11.3. The Morgan fingerprint density at radius 2 is 1.82 bits per heavy atom. The summed E-state index contributed by atoms with van der Waals surface area (Å²) in [5, 5.41) is 21.0. The molecule has 0 spiro atoms. The van der Waals surface area contributed by atoms with Crippen LogP contribution >= 0.6 is 11.6 Å². The maximum absolute atomic E-state index is 13.1. The second-order valence-corrected chi connectivity index (χ2v) is 8.90. The Balaban J connectivity index is 1.61. The van der Waals surface area contributed by atoms with Crippen molar-refractivity contribution in [3.63, 3.8) is 0 Å². The van der Waals surface area contributed by atoms with Crippen molar-refractivity contribution in [1.29, 1.82) is 0 Å². The van der Waals surface area contributed by atoms with Crippen molar-refractivity contribution in [2.75, 3.05) is 23.7 Å². The molecule has 0 radical (unpaired) electrons. The zero-order chi connectivity index (χ0) is 23.2. The van der Waals surface area contributed by atoms with E-state index in [-0.39, 0.29) is 17.9 Å². The molecule has 1 aliphatic rings. The fourth-order valence-electron chi connectivity index (χ4n) is 4.54. The number of pyridine rings is 1. The molecule has 1 aromatic heterocycles. The van der Waals surface area contributed by atoms with Gasteiger partial charge in [0.1, 0.15) is 11.6 Å². The number of nitrogens with one attached hydrogen (secondary N) is 3. The second kappa shape index (κ2) is 10.7. The molecule has 2 unspecified atom stereocenters. The maximum Gasteiger partial charge on any atom is 0.258 e. The van der Waals surface area contributed by atoms with E-state index in [9.17, 15) is 9.90 Å². The first kappa shape index (κ1) is 23.1. The van der Waals surface area contributed by atoms with Gasteiger partial charge >= 0.3 is 0 Å². The number of benzene rings is 2. The molecule has 1 saturated heterocycles. The third kappa shape index (κ3) is 5.64. The van der Waals surface area contributed by atoms with Gasteiger partial charge in [0.05, 0.1) is 10.6 Å². The van der Waals surface area contributed by atoms with Gasteiger partial charge in [0.15, 0.2) is 0 Å². The lowest BCUT2D eigenvalue weighted by Gasteiger charge is -2.36. The lowest BCUT2D eigenvalue weighted by atomic mass is 9.79. The summed E-state index contributed by atoms with van der Waals surface area (Å²) in [5.41, 5.74) is 2.20. The van der Waals surface area contributed by atoms with Crippen LogP contribution in [0.25, 0.3) is 0 Å². The molecule has 33 heavy (non-hydrogen) atoms. The van der Waals surface area contributed by atoms with Crippen LogP contribution in [0.5, 0.6) is 5.75 Å². The number of nitrogens with zero attached hydrogens (tertiary/aromatic N) is 1. The van der Waals surface area contributed by atoms with Gasteiger partial charge in [-0.2, -0.15) is 0 Å². The molecule has 1 aliphatic heterocycles. The summed E-state index contributed by atoms with van der Waals surface area (Å²) < 4.78 is 0. The second-order valence-electron chi connectivity index (χ2n) is 8.47. The van der Waals surface area contributed by atoms with Gasteiger partial charge in [0, 0.05) is 23.8 Å². The van der Waals surface area contributed by atoms with Crippen molar-refractivity contribution < 1.29 is 9.90 Å². The monoisotopic (exact) mass is 464 g/mol. The number of anilines is 2. The molecule has 4 rings (SSSR count). The molecule has 2 heterocycles. The van der Waals surface area contributed by atoms with Crippen LogP contribution < -0.4 is 16.0 Å². The minimum absolute atomic E-state index is 0.0445. The molecular formula is C26H29ClN4O2. The third-order valence-electron chi connectivity index (χ3n) is 6.32. The highest BCUT2D eigenvalue weighted by Crippen LogP contribution is 2.35. The fourth-order valence-corrected chi connectivity index (χ4v) is 4.65. The van der Waals surface area contributed by atoms with Gasteiger partial charge in [-0.15, -0.1) is 0 Å². The molecule has 0 aliphatic carbocycles. The first-order valence-corrected chi connectivity index (χ1v) is 11.7. The smallest absolute Gasteiger partial charge is 0.258 e. The highest BCUT2D eigenvalue weighted by atomic mass is 35.5. The van der Waals surface area contributed by atoms with Gasteiger partial charge in [-0.25, -0.2) is 4.98 Å². The zero-order valence-corrected chi connectivity index (χ0v) is 19.3. The number of amides is 1. The molecule has 4 N–H and O–H groups in total. The number of piperidine rings is 1. The van der Waals surface area contributed by atoms with E-state index in [2.05, 4.69) is 27.9 Å². The van der Waals surface area contributed by atoms with E-state index in [0.29, 0.717) is 28.1 Å². The number of phenolic OH excluding ortho intramolecular Hbond substituents is 1. The Morgan fingerprint density at radius 3 is 2.55 bits per heavy atom. The number of carbonyl (C=O) groups is 1. The van der Waals surface area contributed by atoms with Crippen molar-refractivity contribution in [3.8, 4) is 5.75 Å². The molecule has 0 saturated carbocycles. The zero-order valence-electron chi connectivity index (χ0n) is 18.6. The summed E-state index contributed by atoms with van der Waals surface area (Å²) in [5.74, 6) is 0.938. The summed E-state index contributed by atoms with van der Waals surface area (Å²) in [4.78, 5) is 17.3. The van der Waals surface area contributed by atoms with Gasteiger partial charge in [-0.1, -0.05) is 48.9 Å². The van der Waals surface area contributed by atoms with Crippen molar-refractivity contribution in [2.24, 2.45) is 5.92 Å². The van der Waals surface area contributed by atoms with Crippen molar-refractivity contribution >= 4 is 29.0 Å². The molecule has 6 nitrogen and oxygen atoms in total. The Morgan fingerprint density at radius 1 is 1.09 bits per heavy atom. The van der Waals surface area contributed by atoms with Crippen LogP contribution in [0, 0.1) is 5.92 Å². The fraction of sp³-hybridized carbons (Fsp3) is 0.308. The van der Waals surface area contributed by atoms with Crippen molar-refractivity contribution in [2.45, 2.75) is 31.7 Å². The van der Waals surface area contributed by atoms with Gasteiger partial charge in [0.2, 0.25) is 0 Å². The number of hydrogen-bond acceptors (Lipinski definition) is 5. The minimum atomic E-state index is -0.243. The summed E-state index contributed by atoms with van der Waals surface area (Å²) in [6, 6.07) is 18.4. The maximum atomic E-state index is 13.1. The number of halogens is 1. The predicted molar refractivity (Wildman–Crippen MR) is 133 cm³/mol. The lowest BCUT2D eigenvalue weighted by molar-refractivity contribution is 0.102. The van der Waals surface area contributed by atoms with E-state index in [1.807, 2.05) is 36.4 Å². The number of carbonyl (C=O) groups excluding carboxylic acids is 1. The molecule has 3 aromatic rings. The van der Waals surface area contributed by atoms with Crippen LogP contribution in [-0.4, -0.2) is 35.1 Å². The van der Waals surface area contributed by atoms with Gasteiger partial charge in [-0.3, -0.25) is 4.79 Å². The normalized spacial score (nSPS) is 16.1. The molecule has 1 amide bonds. The Bertz CT molecular complexity index is 1080. The highest BCUT2D eigenvalue weighted by molar-refractivity contribution is 6.30. The molecule has 1 fully saturated rings. The van der Waals surface area contributed by atoms with Crippen LogP contribution in [0.4, 0.5) is 11.5 Å². The van der Waals surface area contributed by atoms with Crippen LogP contribution in [0.1, 0.15) is 41.6 Å². The third-order valence-corrected chi connectivity index (χ3v) is 6.54. The molecular weight excluding hydrogens is 436 g/mol. The predicted octanol–water partition coefficient (Wildman–Crippen LogP) is 5.28. The van der Waals surface area contributed by atoms with Crippen LogP contribution in [0.2, 0.25) is 5.02 Å². The van der Waals surface area contributed by atoms with Crippen molar-refractivity contribution in [3.05, 3.63) is 83.0 Å². The standard InChI is InChI=1S/C26H29ClN4O2/c1-17(20-6-3-5-9-23(20)32)25(18-12-14-28-15-13-18)30-22-8-4-2-7-21(22)26(33)31-24-11-10-19(27)16-29-24/h2-11,16-18,25,28,30,32H,12-15H2,1H3,(H,29,31,33). The van der Waals surface area contributed by atoms with E-state index >= 15 is 0 Å². The number of aromatic hydroxyl groups is 1. The van der Waals surface area contributed by atoms with E-state index < -0.39 is 0 Å². The average Bonchev–Trinajstić information content (AvgIpc) is 2.84. The van der Waals surface area contributed by atoms with E-state index in [0.717, 1.165) is 37.2 Å².